The lowest BCUT2D eigenvalue weighted by Gasteiger charge is -2.31. The quantitative estimate of drug-likeness (QED) is 0.615. The van der Waals surface area contributed by atoms with Crippen LogP contribution in [0.4, 0.5) is 16.2 Å². The highest BCUT2D eigenvalue weighted by molar-refractivity contribution is 7.13. The number of anilines is 2. The number of carbonyl (C=O) groups excluding carboxylic acids is 2. The van der Waals surface area contributed by atoms with E-state index in [1.165, 1.54) is 11.3 Å². The summed E-state index contributed by atoms with van der Waals surface area (Å²) in [4.78, 5) is 27.2. The zero-order valence-corrected chi connectivity index (χ0v) is 18.4. The van der Waals surface area contributed by atoms with E-state index in [1.807, 2.05) is 67.3 Å². The molecule has 0 saturated carbocycles. The van der Waals surface area contributed by atoms with Crippen LogP contribution in [0.1, 0.15) is 44.7 Å². The molecule has 1 fully saturated rings. The van der Waals surface area contributed by atoms with Crippen LogP contribution in [-0.4, -0.2) is 40.1 Å². The number of aromatic nitrogens is 2. The fourth-order valence-corrected chi connectivity index (χ4v) is 4.52. The topological polar surface area (TPSA) is 87.2 Å². The highest BCUT2D eigenvalue weighted by atomic mass is 32.1. The van der Waals surface area contributed by atoms with Crippen molar-refractivity contribution in [1.29, 1.82) is 0 Å². The van der Waals surface area contributed by atoms with E-state index in [4.69, 9.17) is 0 Å². The highest BCUT2D eigenvalue weighted by Crippen LogP contribution is 2.30. The Kier molecular flexibility index (Phi) is 6.27. The molecule has 0 unspecified atom stereocenters. The number of nitrogens with one attached hydrogen (secondary N) is 2. The van der Waals surface area contributed by atoms with Crippen LogP contribution in [0.25, 0.3) is 0 Å². The number of aryl methyl sites for hydroxylation is 2. The number of likely N-dealkylation sites (tertiary alicyclic amines) is 1. The number of carbonyl (C=O) groups is 2. The number of hydrogen-bond acceptors (Lipinski definition) is 5. The van der Waals surface area contributed by atoms with Gasteiger partial charge in [0.2, 0.25) is 5.01 Å². The second-order valence-corrected chi connectivity index (χ2v) is 8.75. The van der Waals surface area contributed by atoms with Crippen molar-refractivity contribution in [3.8, 4) is 0 Å². The van der Waals surface area contributed by atoms with Crippen molar-refractivity contribution in [1.82, 2.24) is 15.1 Å². The van der Waals surface area contributed by atoms with Gasteiger partial charge in [-0.3, -0.25) is 4.79 Å². The van der Waals surface area contributed by atoms with Crippen LogP contribution < -0.4 is 10.6 Å². The van der Waals surface area contributed by atoms with Gasteiger partial charge in [-0.2, -0.15) is 0 Å². The van der Waals surface area contributed by atoms with Gasteiger partial charge in [-0.15, -0.1) is 10.2 Å². The zero-order valence-electron chi connectivity index (χ0n) is 17.6. The van der Waals surface area contributed by atoms with E-state index >= 15 is 0 Å². The minimum Gasteiger partial charge on any atom is -0.324 e. The molecule has 2 aromatic carbocycles. The molecule has 0 spiro atoms. The van der Waals surface area contributed by atoms with Crippen molar-refractivity contribution in [2.24, 2.45) is 0 Å². The number of urea groups is 1. The average molecular weight is 436 g/mol. The first-order valence-electron chi connectivity index (χ1n) is 10.3. The number of piperidine rings is 1. The number of rotatable bonds is 4. The van der Waals surface area contributed by atoms with E-state index in [9.17, 15) is 9.59 Å². The van der Waals surface area contributed by atoms with Gasteiger partial charge in [0.1, 0.15) is 5.01 Å². The monoisotopic (exact) mass is 435 g/mol. The molecule has 1 aliphatic heterocycles. The molecular formula is C23H25N5O2S. The molecule has 3 amide bonds. The van der Waals surface area contributed by atoms with E-state index in [0.717, 1.165) is 40.4 Å². The van der Waals surface area contributed by atoms with Gasteiger partial charge in [-0.05, 0) is 49.9 Å². The standard InChI is InChI=1S/C23H25N5O2S/c1-15-8-3-5-11-18(15)24-20(29)22-27-26-21(31-22)17-10-7-13-28(14-17)23(30)25-19-12-6-4-9-16(19)2/h3-6,8-9,11-12,17H,7,10,13-14H2,1-2H3,(H,24,29)(H,25,30)/t17-/m1/s1. The molecule has 4 rings (SSSR count). The van der Waals surface area contributed by atoms with E-state index in [0.29, 0.717) is 18.1 Å². The summed E-state index contributed by atoms with van der Waals surface area (Å²) in [5.74, 6) is -0.183. The van der Waals surface area contributed by atoms with Crippen molar-refractivity contribution in [2.45, 2.75) is 32.6 Å². The Labute approximate surface area is 185 Å². The Morgan fingerprint density at radius 3 is 2.29 bits per heavy atom. The number of benzene rings is 2. The summed E-state index contributed by atoms with van der Waals surface area (Å²) >= 11 is 1.30. The lowest BCUT2D eigenvalue weighted by Crippen LogP contribution is -2.41. The third-order valence-corrected chi connectivity index (χ3v) is 6.56. The van der Waals surface area contributed by atoms with Crippen LogP contribution in [0.2, 0.25) is 0 Å². The summed E-state index contributed by atoms with van der Waals surface area (Å²) in [7, 11) is 0. The smallest absolute Gasteiger partial charge is 0.321 e. The molecular weight excluding hydrogens is 410 g/mol. The van der Waals surface area contributed by atoms with Gasteiger partial charge in [0, 0.05) is 30.4 Å². The van der Waals surface area contributed by atoms with Crippen LogP contribution in [0.15, 0.2) is 48.5 Å². The predicted molar refractivity (Wildman–Crippen MR) is 123 cm³/mol. The van der Waals surface area contributed by atoms with E-state index < -0.39 is 0 Å². The van der Waals surface area contributed by atoms with Crippen LogP contribution in [0, 0.1) is 13.8 Å². The second kappa shape index (κ2) is 9.26. The molecule has 1 aliphatic rings. The van der Waals surface area contributed by atoms with Crippen molar-refractivity contribution in [2.75, 3.05) is 23.7 Å². The molecule has 1 atom stereocenters. The minimum atomic E-state index is -0.261. The van der Waals surface area contributed by atoms with Gasteiger partial charge in [-0.1, -0.05) is 47.7 Å². The maximum atomic E-state index is 12.8. The number of amides is 3. The van der Waals surface area contributed by atoms with Crippen LogP contribution in [0.5, 0.6) is 0 Å². The molecule has 0 aliphatic carbocycles. The van der Waals surface area contributed by atoms with Gasteiger partial charge in [0.15, 0.2) is 0 Å². The molecule has 31 heavy (non-hydrogen) atoms. The maximum Gasteiger partial charge on any atom is 0.321 e. The van der Waals surface area contributed by atoms with Gasteiger partial charge in [-0.25, -0.2) is 4.79 Å². The summed E-state index contributed by atoms with van der Waals surface area (Å²) in [6, 6.07) is 15.2. The Bertz CT molecular complexity index is 1100. The lowest BCUT2D eigenvalue weighted by molar-refractivity contribution is 0.102. The van der Waals surface area contributed by atoms with Gasteiger partial charge >= 0.3 is 6.03 Å². The van der Waals surface area contributed by atoms with E-state index in [-0.39, 0.29) is 17.9 Å². The van der Waals surface area contributed by atoms with Gasteiger partial charge in [0.05, 0.1) is 0 Å². The Balaban J connectivity index is 1.40. The van der Waals surface area contributed by atoms with Crippen molar-refractivity contribution in [3.63, 3.8) is 0 Å². The van der Waals surface area contributed by atoms with E-state index in [1.54, 1.807) is 0 Å². The number of para-hydroxylation sites is 2. The third kappa shape index (κ3) is 4.91. The molecule has 0 bridgehead atoms. The van der Waals surface area contributed by atoms with Crippen LogP contribution in [-0.2, 0) is 0 Å². The third-order valence-electron chi connectivity index (χ3n) is 5.47. The summed E-state index contributed by atoms with van der Waals surface area (Å²) in [6.45, 7) is 5.18. The fourth-order valence-electron chi connectivity index (χ4n) is 3.65. The number of hydrogen-bond donors (Lipinski definition) is 2. The molecule has 1 aromatic heterocycles. The maximum absolute atomic E-state index is 12.8. The lowest BCUT2D eigenvalue weighted by atomic mass is 9.99. The molecule has 8 heteroatoms. The molecule has 1 saturated heterocycles. The summed E-state index contributed by atoms with van der Waals surface area (Å²) in [5.41, 5.74) is 3.60. The Morgan fingerprint density at radius 1 is 0.968 bits per heavy atom. The minimum absolute atomic E-state index is 0.0777. The normalized spacial score (nSPS) is 16.1. The zero-order chi connectivity index (χ0) is 21.8. The van der Waals surface area contributed by atoms with Gasteiger partial charge in [0.25, 0.3) is 5.91 Å². The molecule has 2 heterocycles. The van der Waals surface area contributed by atoms with Gasteiger partial charge < -0.3 is 15.5 Å². The molecule has 2 N–H and O–H groups in total. The average Bonchev–Trinajstić information content (AvgIpc) is 3.28. The van der Waals surface area contributed by atoms with Crippen molar-refractivity contribution in [3.05, 3.63) is 69.7 Å². The SMILES string of the molecule is Cc1ccccc1NC(=O)c1nnc([C@@H]2CCCN(C(=O)Nc3ccccc3C)C2)s1. The van der Waals surface area contributed by atoms with Crippen LogP contribution >= 0.6 is 11.3 Å². The Hall–Kier alpha value is -3.26. The molecule has 7 nitrogen and oxygen atoms in total. The van der Waals surface area contributed by atoms with Crippen molar-refractivity contribution >= 4 is 34.6 Å². The highest BCUT2D eigenvalue weighted by Gasteiger charge is 2.28. The largest absolute Gasteiger partial charge is 0.324 e. The second-order valence-electron chi connectivity index (χ2n) is 7.74. The molecule has 3 aromatic rings. The Morgan fingerprint density at radius 2 is 1.61 bits per heavy atom. The molecule has 0 radical (unpaired) electrons. The fraction of sp³-hybridized carbons (Fsp3) is 0.304. The summed E-state index contributed by atoms with van der Waals surface area (Å²) in [6.07, 6.45) is 1.80. The first-order valence-corrected chi connectivity index (χ1v) is 11.1. The summed E-state index contributed by atoms with van der Waals surface area (Å²) < 4.78 is 0. The molecule has 160 valence electrons. The van der Waals surface area contributed by atoms with Crippen molar-refractivity contribution < 1.29 is 9.59 Å². The van der Waals surface area contributed by atoms with E-state index in [2.05, 4.69) is 20.8 Å². The number of nitrogens with zero attached hydrogens (tertiary/aromatic N) is 3. The first kappa shape index (κ1) is 21.0. The predicted octanol–water partition coefficient (Wildman–Crippen LogP) is 4.82. The van der Waals surface area contributed by atoms with Crippen LogP contribution in [0.3, 0.4) is 0 Å². The first-order chi connectivity index (χ1) is 15.0. The summed E-state index contributed by atoms with van der Waals surface area (Å²) in [5, 5.41) is 15.4.